The topological polar surface area (TPSA) is 103 Å². The number of halogens is 1. The Bertz CT molecular complexity index is 703. The standard InChI is InChI=1S/C17H21ClN2O6/c1-9(2)26-15-12(18)6-10(7-13(15)24-3)16(22)25-8-14(21)20-17(23)19-11-4-5-11/h6-7,9,11H,4-5,8H2,1-3H3,(H2,19,20,21,23). The number of methoxy groups -OCH3 is 1. The Labute approximate surface area is 156 Å². The zero-order valence-electron chi connectivity index (χ0n) is 14.8. The first-order valence-corrected chi connectivity index (χ1v) is 8.49. The van der Waals surface area contributed by atoms with Gasteiger partial charge in [-0.15, -0.1) is 0 Å². The van der Waals surface area contributed by atoms with Crippen LogP contribution >= 0.6 is 11.6 Å². The summed E-state index contributed by atoms with van der Waals surface area (Å²) in [6.07, 6.45) is 1.66. The van der Waals surface area contributed by atoms with Crippen LogP contribution < -0.4 is 20.1 Å². The Morgan fingerprint density at radius 3 is 2.54 bits per heavy atom. The molecule has 1 aromatic carbocycles. The third-order valence-electron chi connectivity index (χ3n) is 3.32. The van der Waals surface area contributed by atoms with E-state index in [-0.39, 0.29) is 28.5 Å². The van der Waals surface area contributed by atoms with Crippen LogP contribution in [0, 0.1) is 0 Å². The van der Waals surface area contributed by atoms with Crippen molar-refractivity contribution in [1.82, 2.24) is 10.6 Å². The third kappa shape index (κ3) is 5.80. The number of nitrogens with one attached hydrogen (secondary N) is 2. The van der Waals surface area contributed by atoms with Gasteiger partial charge < -0.3 is 19.5 Å². The molecule has 0 radical (unpaired) electrons. The highest BCUT2D eigenvalue weighted by molar-refractivity contribution is 6.32. The van der Waals surface area contributed by atoms with Crippen molar-refractivity contribution < 1.29 is 28.6 Å². The van der Waals surface area contributed by atoms with E-state index >= 15 is 0 Å². The number of hydrogen-bond acceptors (Lipinski definition) is 6. The summed E-state index contributed by atoms with van der Waals surface area (Å²) in [6, 6.07) is 2.28. The molecule has 0 heterocycles. The number of imide groups is 1. The van der Waals surface area contributed by atoms with E-state index in [4.69, 9.17) is 25.8 Å². The summed E-state index contributed by atoms with van der Waals surface area (Å²) in [5.74, 6) is -0.921. The smallest absolute Gasteiger partial charge is 0.338 e. The van der Waals surface area contributed by atoms with Crippen molar-refractivity contribution >= 4 is 29.5 Å². The molecule has 8 nitrogen and oxygen atoms in total. The molecule has 1 aliphatic rings. The Balaban J connectivity index is 1.94. The van der Waals surface area contributed by atoms with Gasteiger partial charge in [0.05, 0.1) is 23.8 Å². The van der Waals surface area contributed by atoms with Crippen LogP contribution in [0.2, 0.25) is 5.02 Å². The molecule has 2 N–H and O–H groups in total. The van der Waals surface area contributed by atoms with Crippen LogP contribution in [0.3, 0.4) is 0 Å². The number of carbonyl (C=O) groups is 3. The first-order chi connectivity index (χ1) is 12.3. The second-order valence-electron chi connectivity index (χ2n) is 6.03. The van der Waals surface area contributed by atoms with E-state index in [2.05, 4.69) is 10.6 Å². The third-order valence-corrected chi connectivity index (χ3v) is 3.60. The van der Waals surface area contributed by atoms with E-state index in [1.807, 2.05) is 13.8 Å². The molecule has 142 valence electrons. The fraction of sp³-hybridized carbons (Fsp3) is 0.471. The van der Waals surface area contributed by atoms with Gasteiger partial charge >= 0.3 is 12.0 Å². The van der Waals surface area contributed by atoms with Crippen molar-refractivity contribution in [3.05, 3.63) is 22.7 Å². The van der Waals surface area contributed by atoms with Crippen molar-refractivity contribution in [2.24, 2.45) is 0 Å². The number of hydrogen-bond donors (Lipinski definition) is 2. The molecular formula is C17H21ClN2O6. The van der Waals surface area contributed by atoms with Gasteiger partial charge in [0.1, 0.15) is 0 Å². The zero-order valence-corrected chi connectivity index (χ0v) is 15.5. The highest BCUT2D eigenvalue weighted by atomic mass is 35.5. The molecule has 1 aliphatic carbocycles. The zero-order chi connectivity index (χ0) is 19.3. The molecular weight excluding hydrogens is 364 g/mol. The van der Waals surface area contributed by atoms with Gasteiger partial charge in [-0.2, -0.15) is 0 Å². The van der Waals surface area contributed by atoms with Crippen LogP contribution in [0.5, 0.6) is 11.5 Å². The second-order valence-corrected chi connectivity index (χ2v) is 6.44. The molecule has 0 unspecified atom stereocenters. The first kappa shape index (κ1) is 19.8. The second kappa shape index (κ2) is 8.75. The molecule has 1 fully saturated rings. The lowest BCUT2D eigenvalue weighted by molar-refractivity contribution is -0.123. The van der Waals surface area contributed by atoms with Gasteiger partial charge in [-0.3, -0.25) is 10.1 Å². The molecule has 0 atom stereocenters. The molecule has 0 aliphatic heterocycles. The molecule has 1 saturated carbocycles. The summed E-state index contributed by atoms with van der Waals surface area (Å²) in [4.78, 5) is 35.2. The minimum absolute atomic E-state index is 0.0955. The molecule has 2 rings (SSSR count). The maximum atomic E-state index is 12.1. The molecule has 0 bridgehead atoms. The Morgan fingerprint density at radius 2 is 1.96 bits per heavy atom. The largest absolute Gasteiger partial charge is 0.493 e. The monoisotopic (exact) mass is 384 g/mol. The van der Waals surface area contributed by atoms with Gasteiger partial charge in [0.25, 0.3) is 5.91 Å². The number of esters is 1. The lowest BCUT2D eigenvalue weighted by atomic mass is 10.2. The van der Waals surface area contributed by atoms with Crippen LogP contribution in [-0.2, 0) is 9.53 Å². The molecule has 1 aromatic rings. The summed E-state index contributed by atoms with van der Waals surface area (Å²) in [7, 11) is 1.42. The van der Waals surface area contributed by atoms with E-state index in [1.165, 1.54) is 19.2 Å². The first-order valence-electron chi connectivity index (χ1n) is 8.11. The summed E-state index contributed by atoms with van der Waals surface area (Å²) < 4.78 is 15.7. The van der Waals surface area contributed by atoms with Crippen LogP contribution in [0.4, 0.5) is 4.79 Å². The minimum atomic E-state index is -0.779. The molecule has 0 saturated heterocycles. The Hall–Kier alpha value is -2.48. The number of carbonyl (C=O) groups excluding carboxylic acids is 3. The number of urea groups is 1. The SMILES string of the molecule is COc1cc(C(=O)OCC(=O)NC(=O)NC2CC2)cc(Cl)c1OC(C)C. The summed E-state index contributed by atoms with van der Waals surface area (Å²) in [5, 5.41) is 4.85. The van der Waals surface area contributed by atoms with E-state index in [0.717, 1.165) is 12.8 Å². The predicted molar refractivity (Wildman–Crippen MR) is 93.7 cm³/mol. The van der Waals surface area contributed by atoms with Crippen LogP contribution in [-0.4, -0.2) is 43.8 Å². The maximum Gasteiger partial charge on any atom is 0.338 e. The van der Waals surface area contributed by atoms with Gasteiger partial charge in [0.2, 0.25) is 0 Å². The van der Waals surface area contributed by atoms with E-state index in [9.17, 15) is 14.4 Å². The number of rotatable bonds is 7. The summed E-state index contributed by atoms with van der Waals surface area (Å²) >= 11 is 6.14. The van der Waals surface area contributed by atoms with E-state index < -0.39 is 24.5 Å². The predicted octanol–water partition coefficient (Wildman–Crippen LogP) is 2.28. The van der Waals surface area contributed by atoms with Crippen LogP contribution in [0.15, 0.2) is 12.1 Å². The molecule has 9 heteroatoms. The van der Waals surface area contributed by atoms with Gasteiger partial charge in [-0.25, -0.2) is 9.59 Å². The van der Waals surface area contributed by atoms with Gasteiger partial charge in [-0.05, 0) is 38.8 Å². The molecule has 0 spiro atoms. The van der Waals surface area contributed by atoms with Gasteiger partial charge in [-0.1, -0.05) is 11.6 Å². The van der Waals surface area contributed by atoms with Crippen molar-refractivity contribution in [1.29, 1.82) is 0 Å². The van der Waals surface area contributed by atoms with Gasteiger partial charge in [0, 0.05) is 6.04 Å². The van der Waals surface area contributed by atoms with E-state index in [1.54, 1.807) is 0 Å². The normalized spacial score (nSPS) is 13.1. The number of amides is 3. The highest BCUT2D eigenvalue weighted by Gasteiger charge is 2.24. The quantitative estimate of drug-likeness (QED) is 0.699. The van der Waals surface area contributed by atoms with Crippen molar-refractivity contribution in [2.75, 3.05) is 13.7 Å². The van der Waals surface area contributed by atoms with Crippen molar-refractivity contribution in [3.63, 3.8) is 0 Å². The van der Waals surface area contributed by atoms with Gasteiger partial charge in [0.15, 0.2) is 18.1 Å². The Morgan fingerprint density at radius 1 is 1.27 bits per heavy atom. The summed E-state index contributed by atoms with van der Waals surface area (Å²) in [6.45, 7) is 3.06. The minimum Gasteiger partial charge on any atom is -0.493 e. The average Bonchev–Trinajstić information content (AvgIpc) is 3.37. The molecule has 26 heavy (non-hydrogen) atoms. The van der Waals surface area contributed by atoms with Crippen LogP contribution in [0.1, 0.15) is 37.0 Å². The summed E-state index contributed by atoms with van der Waals surface area (Å²) in [5.41, 5.74) is 0.0955. The maximum absolute atomic E-state index is 12.1. The fourth-order valence-electron chi connectivity index (χ4n) is 2.01. The highest BCUT2D eigenvalue weighted by Crippen LogP contribution is 2.37. The number of benzene rings is 1. The molecule has 3 amide bonds. The Kier molecular flexibility index (Phi) is 6.68. The average molecular weight is 385 g/mol. The molecule has 0 aromatic heterocycles. The number of ether oxygens (including phenoxy) is 3. The van der Waals surface area contributed by atoms with E-state index in [0.29, 0.717) is 5.75 Å². The van der Waals surface area contributed by atoms with Crippen molar-refractivity contribution in [2.45, 2.75) is 38.8 Å². The lowest BCUT2D eigenvalue weighted by Crippen LogP contribution is -2.42. The van der Waals surface area contributed by atoms with Crippen LogP contribution in [0.25, 0.3) is 0 Å². The lowest BCUT2D eigenvalue weighted by Gasteiger charge is -2.16. The fourth-order valence-corrected chi connectivity index (χ4v) is 2.27. The van der Waals surface area contributed by atoms with Crippen molar-refractivity contribution in [3.8, 4) is 11.5 Å².